The molecule has 0 radical (unpaired) electrons. The fourth-order valence-corrected chi connectivity index (χ4v) is 3.29. The van der Waals surface area contributed by atoms with Crippen molar-refractivity contribution in [3.05, 3.63) is 77.0 Å². The topological polar surface area (TPSA) is 138 Å². The number of benzene rings is 1. The molecular formula is C22H15Cl2F3N8O2. The second kappa shape index (κ2) is 11.6. The normalized spacial score (nSPS) is 10.7. The Balaban J connectivity index is 0.000000289. The van der Waals surface area contributed by atoms with Crippen LogP contribution >= 0.6 is 23.4 Å². The van der Waals surface area contributed by atoms with Crippen molar-refractivity contribution in [1.82, 2.24) is 30.0 Å². The third-order valence-electron chi connectivity index (χ3n) is 4.73. The second-order valence-corrected chi connectivity index (χ2v) is 7.71. The van der Waals surface area contributed by atoms with Crippen LogP contribution in [0.4, 0.5) is 19.0 Å². The second-order valence-electron chi connectivity index (χ2n) is 7.18. The molecule has 0 spiro atoms. The number of hydrogen-bond acceptors (Lipinski definition) is 8. The Hall–Kier alpha value is -4.28. The molecule has 0 aliphatic carbocycles. The number of amides is 1. The lowest BCUT2D eigenvalue weighted by Crippen LogP contribution is -2.24. The number of rotatable bonds is 5. The van der Waals surface area contributed by atoms with E-state index in [0.717, 1.165) is 12.3 Å². The Labute approximate surface area is 217 Å². The molecule has 15 heteroatoms. The summed E-state index contributed by atoms with van der Waals surface area (Å²) in [5.41, 5.74) is 0.671. The van der Waals surface area contributed by atoms with Crippen LogP contribution in [-0.4, -0.2) is 35.9 Å². The number of pyridine rings is 1. The van der Waals surface area contributed by atoms with Crippen molar-refractivity contribution in [2.75, 3.05) is 4.84 Å². The number of alkyl halides is 3. The molecule has 2 N–H and O–H groups in total. The standard InChI is InChI=1S/C14H11ClF3N7O.C8H4ClNO/c1-25-12(23-15)10-9(24-25)11(22-6-21-10)13(26)20-5-7-2-3-19-8(4-7)14(16,17)18;9-8(11)7-3-1-6(5-10)2-4-7/h2-4,6,23H,5H2,1H3,(H,20,26);1-4H. The number of aryl methyl sites for hydroxylation is 1. The number of carbonyl (C=O) groups excluding carboxylic acids is 2. The minimum absolute atomic E-state index is 0.0196. The number of halogens is 5. The van der Waals surface area contributed by atoms with Gasteiger partial charge >= 0.3 is 6.18 Å². The molecule has 0 unspecified atom stereocenters. The molecule has 0 saturated heterocycles. The van der Waals surface area contributed by atoms with Crippen LogP contribution in [0.5, 0.6) is 0 Å². The molecule has 0 aliphatic rings. The Morgan fingerprint density at radius 3 is 2.41 bits per heavy atom. The summed E-state index contributed by atoms with van der Waals surface area (Å²) < 4.78 is 39.4. The summed E-state index contributed by atoms with van der Waals surface area (Å²) >= 11 is 10.8. The van der Waals surface area contributed by atoms with Crippen LogP contribution in [0.1, 0.15) is 37.7 Å². The van der Waals surface area contributed by atoms with Gasteiger partial charge < -0.3 is 5.32 Å². The van der Waals surface area contributed by atoms with E-state index in [1.54, 1.807) is 19.2 Å². The lowest BCUT2D eigenvalue weighted by Gasteiger charge is -2.08. The summed E-state index contributed by atoms with van der Waals surface area (Å²) in [6.45, 7) is -0.136. The third-order valence-corrected chi connectivity index (χ3v) is 5.13. The van der Waals surface area contributed by atoms with Gasteiger partial charge in [-0.15, -0.1) is 0 Å². The molecule has 0 saturated carbocycles. The summed E-state index contributed by atoms with van der Waals surface area (Å²) in [5.74, 6) is -0.232. The van der Waals surface area contributed by atoms with Gasteiger partial charge in [0.05, 0.1) is 11.6 Å². The molecule has 1 aromatic carbocycles. The van der Waals surface area contributed by atoms with Crippen molar-refractivity contribution in [2.24, 2.45) is 7.05 Å². The van der Waals surface area contributed by atoms with E-state index in [2.05, 4.69) is 30.2 Å². The number of carbonyl (C=O) groups is 2. The fourth-order valence-electron chi connectivity index (χ4n) is 2.95. The van der Waals surface area contributed by atoms with Crippen molar-refractivity contribution in [1.29, 1.82) is 5.26 Å². The molecule has 3 aromatic heterocycles. The predicted octanol–water partition coefficient (Wildman–Crippen LogP) is 4.21. The zero-order valence-electron chi connectivity index (χ0n) is 18.7. The first-order valence-corrected chi connectivity index (χ1v) is 10.9. The number of nitriles is 1. The molecule has 3 heterocycles. The maximum atomic E-state index is 12.7. The lowest BCUT2D eigenvalue weighted by atomic mass is 10.2. The van der Waals surface area contributed by atoms with Crippen molar-refractivity contribution in [2.45, 2.75) is 12.7 Å². The molecule has 37 heavy (non-hydrogen) atoms. The van der Waals surface area contributed by atoms with E-state index >= 15 is 0 Å². The number of nitrogens with one attached hydrogen (secondary N) is 2. The monoisotopic (exact) mass is 550 g/mol. The van der Waals surface area contributed by atoms with Crippen molar-refractivity contribution in [3.8, 4) is 6.07 Å². The maximum absolute atomic E-state index is 12.7. The summed E-state index contributed by atoms with van der Waals surface area (Å²) in [4.78, 5) is 36.5. The van der Waals surface area contributed by atoms with E-state index in [0.29, 0.717) is 22.5 Å². The van der Waals surface area contributed by atoms with Gasteiger partial charge in [-0.3, -0.25) is 19.4 Å². The van der Waals surface area contributed by atoms with Gasteiger partial charge in [-0.05, 0) is 53.6 Å². The first-order chi connectivity index (χ1) is 17.5. The van der Waals surface area contributed by atoms with Crippen LogP contribution in [0.15, 0.2) is 48.9 Å². The predicted molar refractivity (Wildman–Crippen MR) is 128 cm³/mol. The summed E-state index contributed by atoms with van der Waals surface area (Å²) in [6, 6.07) is 10.3. The Kier molecular flexibility index (Phi) is 8.59. The third kappa shape index (κ3) is 6.69. The quantitative estimate of drug-likeness (QED) is 0.278. The molecule has 0 bridgehead atoms. The first-order valence-electron chi connectivity index (χ1n) is 10.1. The number of fused-ring (bicyclic) bond motifs is 1. The largest absolute Gasteiger partial charge is 0.433 e. The fraction of sp³-hybridized carbons (Fsp3) is 0.136. The minimum Gasteiger partial charge on any atom is -0.347 e. The Morgan fingerprint density at radius 1 is 1.11 bits per heavy atom. The van der Waals surface area contributed by atoms with E-state index in [1.807, 2.05) is 6.07 Å². The highest BCUT2D eigenvalue weighted by Gasteiger charge is 2.32. The molecule has 0 aliphatic heterocycles. The van der Waals surface area contributed by atoms with E-state index in [1.165, 1.54) is 29.2 Å². The smallest absolute Gasteiger partial charge is 0.347 e. The highest BCUT2D eigenvalue weighted by Crippen LogP contribution is 2.27. The van der Waals surface area contributed by atoms with E-state index in [-0.39, 0.29) is 23.3 Å². The van der Waals surface area contributed by atoms with E-state index in [4.69, 9.17) is 28.6 Å². The average molecular weight is 551 g/mol. The summed E-state index contributed by atoms with van der Waals surface area (Å²) in [5, 5.41) is 14.5. The molecule has 0 atom stereocenters. The minimum atomic E-state index is -4.56. The van der Waals surface area contributed by atoms with Gasteiger partial charge in [0.15, 0.2) is 11.5 Å². The molecule has 0 fully saturated rings. The Morgan fingerprint density at radius 2 is 1.81 bits per heavy atom. The average Bonchev–Trinajstić information content (AvgIpc) is 3.22. The van der Waals surface area contributed by atoms with Crippen molar-refractivity contribution < 1.29 is 22.8 Å². The maximum Gasteiger partial charge on any atom is 0.433 e. The van der Waals surface area contributed by atoms with Gasteiger partial charge in [0, 0.05) is 37.1 Å². The first kappa shape index (κ1) is 27.3. The molecule has 4 aromatic rings. The zero-order valence-corrected chi connectivity index (χ0v) is 20.2. The SMILES string of the molecule is Cn1nc2c(C(=O)NCc3ccnc(C(F)(F)F)c3)ncnc2c1NCl.N#Cc1ccc(C(=O)Cl)cc1. The molecule has 10 nitrogen and oxygen atoms in total. The Bertz CT molecular complexity index is 1480. The van der Waals surface area contributed by atoms with Gasteiger partial charge in [0.2, 0.25) is 0 Å². The molecule has 1 amide bonds. The van der Waals surface area contributed by atoms with Crippen molar-refractivity contribution >= 4 is 51.4 Å². The van der Waals surface area contributed by atoms with Gasteiger partial charge in [-0.25, -0.2) is 14.6 Å². The van der Waals surface area contributed by atoms with Crippen LogP contribution in [-0.2, 0) is 19.8 Å². The van der Waals surface area contributed by atoms with Crippen LogP contribution in [0.2, 0.25) is 0 Å². The molecule has 190 valence electrons. The number of anilines is 1. The summed E-state index contributed by atoms with van der Waals surface area (Å²) in [6.07, 6.45) is -2.35. The number of hydrogen-bond donors (Lipinski definition) is 2. The van der Waals surface area contributed by atoms with Crippen LogP contribution in [0.3, 0.4) is 0 Å². The number of aromatic nitrogens is 5. The molecule has 4 rings (SSSR count). The van der Waals surface area contributed by atoms with E-state index in [9.17, 15) is 22.8 Å². The van der Waals surface area contributed by atoms with Crippen molar-refractivity contribution in [3.63, 3.8) is 0 Å². The summed E-state index contributed by atoms with van der Waals surface area (Å²) in [7, 11) is 1.60. The number of nitrogens with zero attached hydrogens (tertiary/aromatic N) is 6. The van der Waals surface area contributed by atoms with Gasteiger partial charge in [-0.2, -0.15) is 23.5 Å². The van der Waals surface area contributed by atoms with Gasteiger partial charge in [-0.1, -0.05) is 0 Å². The van der Waals surface area contributed by atoms with Gasteiger partial charge in [0.25, 0.3) is 11.1 Å². The highest BCUT2D eigenvalue weighted by atomic mass is 35.5. The zero-order chi connectivity index (χ0) is 27.2. The van der Waals surface area contributed by atoms with Crippen LogP contribution < -0.4 is 10.2 Å². The van der Waals surface area contributed by atoms with Crippen LogP contribution in [0.25, 0.3) is 11.0 Å². The van der Waals surface area contributed by atoms with Crippen LogP contribution in [0, 0.1) is 11.3 Å². The lowest BCUT2D eigenvalue weighted by molar-refractivity contribution is -0.141. The highest BCUT2D eigenvalue weighted by molar-refractivity contribution is 6.67. The van der Waals surface area contributed by atoms with Gasteiger partial charge in [0.1, 0.15) is 23.1 Å². The van der Waals surface area contributed by atoms with E-state index < -0.39 is 23.0 Å². The molecular weight excluding hydrogens is 536 g/mol.